The highest BCUT2D eigenvalue weighted by atomic mass is 79.9. The molecule has 2 rings (SSSR count). The molecule has 1 fully saturated rings. The smallest absolute Gasteiger partial charge is 0.175 e. The molecule has 82 valence electrons. The first-order valence-electron chi connectivity index (χ1n) is 4.85. The van der Waals surface area contributed by atoms with Crippen molar-refractivity contribution in [1.82, 2.24) is 5.32 Å². The fourth-order valence-corrected chi connectivity index (χ4v) is 2.90. The van der Waals surface area contributed by atoms with Gasteiger partial charge in [0.15, 0.2) is 5.78 Å². The molecule has 1 aliphatic rings. The van der Waals surface area contributed by atoms with Gasteiger partial charge in [-0.05, 0) is 22.0 Å². The van der Waals surface area contributed by atoms with Crippen LogP contribution in [0, 0.1) is 0 Å². The van der Waals surface area contributed by atoms with Crippen molar-refractivity contribution in [3.63, 3.8) is 0 Å². The van der Waals surface area contributed by atoms with Gasteiger partial charge in [-0.15, -0.1) is 11.3 Å². The molecule has 1 N–H and O–H groups in total. The molecule has 1 aromatic rings. The molecule has 1 saturated heterocycles. The number of rotatable bonds is 3. The summed E-state index contributed by atoms with van der Waals surface area (Å²) in [5, 5.41) is 5.14. The van der Waals surface area contributed by atoms with E-state index in [1.165, 1.54) is 11.3 Å². The van der Waals surface area contributed by atoms with E-state index < -0.39 is 0 Å². The summed E-state index contributed by atoms with van der Waals surface area (Å²) in [4.78, 5) is 12.6. The van der Waals surface area contributed by atoms with Crippen LogP contribution in [0.15, 0.2) is 15.9 Å². The largest absolute Gasteiger partial charge is 0.375 e. The molecule has 15 heavy (non-hydrogen) atoms. The fraction of sp³-hybridized carbons (Fsp3) is 0.500. The zero-order chi connectivity index (χ0) is 10.7. The number of ether oxygens (including phenoxy) is 1. The Morgan fingerprint density at radius 1 is 1.73 bits per heavy atom. The number of carbonyl (C=O) groups is 1. The van der Waals surface area contributed by atoms with E-state index in [2.05, 4.69) is 21.2 Å². The molecule has 0 saturated carbocycles. The van der Waals surface area contributed by atoms with Crippen LogP contribution >= 0.6 is 27.3 Å². The van der Waals surface area contributed by atoms with E-state index in [-0.39, 0.29) is 11.9 Å². The molecule has 0 radical (unpaired) electrons. The van der Waals surface area contributed by atoms with Crippen LogP contribution in [0.5, 0.6) is 0 Å². The first-order chi connectivity index (χ1) is 7.25. The minimum Gasteiger partial charge on any atom is -0.375 e. The Bertz CT molecular complexity index is 347. The highest BCUT2D eigenvalue weighted by Crippen LogP contribution is 2.21. The van der Waals surface area contributed by atoms with Crippen LogP contribution in [-0.4, -0.2) is 31.6 Å². The second kappa shape index (κ2) is 5.21. The zero-order valence-corrected chi connectivity index (χ0v) is 10.6. The third-order valence-corrected chi connectivity index (χ3v) is 3.99. The maximum atomic E-state index is 11.8. The first kappa shape index (κ1) is 11.3. The molecule has 0 bridgehead atoms. The number of morpholine rings is 1. The van der Waals surface area contributed by atoms with Crippen molar-refractivity contribution in [1.29, 1.82) is 0 Å². The van der Waals surface area contributed by atoms with Crippen molar-refractivity contribution in [2.75, 3.05) is 19.7 Å². The van der Waals surface area contributed by atoms with E-state index in [0.717, 1.165) is 22.4 Å². The van der Waals surface area contributed by atoms with E-state index in [1.54, 1.807) is 0 Å². The molecular weight excluding hydrogens is 278 g/mol. The van der Waals surface area contributed by atoms with Gasteiger partial charge in [-0.25, -0.2) is 0 Å². The van der Waals surface area contributed by atoms with Crippen LogP contribution < -0.4 is 5.32 Å². The minimum absolute atomic E-state index is 0.0344. The molecule has 1 aliphatic heterocycles. The summed E-state index contributed by atoms with van der Waals surface area (Å²) >= 11 is 4.81. The monoisotopic (exact) mass is 289 g/mol. The van der Waals surface area contributed by atoms with Crippen LogP contribution in [0.2, 0.25) is 0 Å². The second-order valence-electron chi connectivity index (χ2n) is 3.45. The zero-order valence-electron chi connectivity index (χ0n) is 8.16. The van der Waals surface area contributed by atoms with Crippen LogP contribution in [0.25, 0.3) is 0 Å². The lowest BCUT2D eigenvalue weighted by molar-refractivity contribution is 0.0241. The van der Waals surface area contributed by atoms with Gasteiger partial charge in [0.2, 0.25) is 0 Å². The summed E-state index contributed by atoms with van der Waals surface area (Å²) in [6.07, 6.45) is 0.507. The fourth-order valence-electron chi connectivity index (χ4n) is 1.52. The normalized spacial score (nSPS) is 21.5. The number of carbonyl (C=O) groups excluding carboxylic acids is 1. The molecule has 0 spiro atoms. The summed E-state index contributed by atoms with van der Waals surface area (Å²) in [6.45, 7) is 2.36. The summed E-state index contributed by atoms with van der Waals surface area (Å²) in [7, 11) is 0. The summed E-state index contributed by atoms with van der Waals surface area (Å²) < 4.78 is 6.46. The molecule has 2 heterocycles. The number of Topliss-reactive ketones (excluding diaryl/α,β-unsaturated/α-hetero) is 1. The summed E-state index contributed by atoms with van der Waals surface area (Å²) in [6, 6.07) is 1.86. The summed E-state index contributed by atoms with van der Waals surface area (Å²) in [5.74, 6) is 0.166. The molecular formula is C10H12BrNO2S. The Balaban J connectivity index is 1.91. The van der Waals surface area contributed by atoms with Crippen LogP contribution in [0.3, 0.4) is 0 Å². The van der Waals surface area contributed by atoms with Gasteiger partial charge in [-0.3, -0.25) is 4.79 Å². The third kappa shape index (κ3) is 3.11. The Morgan fingerprint density at radius 3 is 3.20 bits per heavy atom. The molecule has 0 amide bonds. The van der Waals surface area contributed by atoms with Gasteiger partial charge in [0.05, 0.1) is 17.6 Å². The van der Waals surface area contributed by atoms with Gasteiger partial charge < -0.3 is 10.1 Å². The highest BCUT2D eigenvalue weighted by Gasteiger charge is 2.19. The maximum Gasteiger partial charge on any atom is 0.175 e. The predicted octanol–water partition coefficient (Wildman–Crippen LogP) is 2.07. The third-order valence-electron chi connectivity index (χ3n) is 2.26. The Morgan fingerprint density at radius 2 is 2.60 bits per heavy atom. The van der Waals surface area contributed by atoms with Gasteiger partial charge in [-0.1, -0.05) is 0 Å². The van der Waals surface area contributed by atoms with E-state index >= 15 is 0 Å². The van der Waals surface area contributed by atoms with Gasteiger partial charge >= 0.3 is 0 Å². The predicted molar refractivity (Wildman–Crippen MR) is 63.6 cm³/mol. The lowest BCUT2D eigenvalue weighted by atomic mass is 10.1. The number of ketones is 1. The molecule has 1 atom stereocenters. The lowest BCUT2D eigenvalue weighted by Crippen LogP contribution is -2.39. The topological polar surface area (TPSA) is 38.3 Å². The molecule has 1 aromatic heterocycles. The lowest BCUT2D eigenvalue weighted by Gasteiger charge is -2.22. The minimum atomic E-state index is 0.0344. The molecule has 0 aromatic carbocycles. The highest BCUT2D eigenvalue weighted by molar-refractivity contribution is 9.10. The second-order valence-corrected chi connectivity index (χ2v) is 5.28. The Labute approximate surface area is 101 Å². The van der Waals surface area contributed by atoms with Crippen molar-refractivity contribution in [2.24, 2.45) is 0 Å². The first-order valence-corrected chi connectivity index (χ1v) is 6.52. The number of halogens is 1. The Hall–Kier alpha value is -0.230. The average Bonchev–Trinajstić information content (AvgIpc) is 2.66. The van der Waals surface area contributed by atoms with Crippen LogP contribution in [-0.2, 0) is 4.74 Å². The molecule has 1 unspecified atom stereocenters. The van der Waals surface area contributed by atoms with Crippen molar-refractivity contribution >= 4 is 33.0 Å². The van der Waals surface area contributed by atoms with Crippen LogP contribution in [0.4, 0.5) is 0 Å². The SMILES string of the molecule is O=C(CC1CNCCO1)c1cc(Br)cs1. The molecule has 5 heteroatoms. The van der Waals surface area contributed by atoms with Gasteiger partial charge in [-0.2, -0.15) is 0 Å². The van der Waals surface area contributed by atoms with Gasteiger partial charge in [0.1, 0.15) is 0 Å². The standard InChI is InChI=1S/C10H12BrNO2S/c11-7-3-10(15-6-7)9(13)4-8-5-12-1-2-14-8/h3,6,8,12H,1-2,4-5H2. The van der Waals surface area contributed by atoms with Crippen molar-refractivity contribution < 1.29 is 9.53 Å². The van der Waals surface area contributed by atoms with Crippen molar-refractivity contribution in [3.05, 3.63) is 20.8 Å². The summed E-state index contributed by atoms with van der Waals surface area (Å²) in [5.41, 5.74) is 0. The Kier molecular flexibility index (Phi) is 3.91. The van der Waals surface area contributed by atoms with Gasteiger partial charge in [0, 0.05) is 29.4 Å². The average molecular weight is 290 g/mol. The van der Waals surface area contributed by atoms with E-state index in [4.69, 9.17) is 4.74 Å². The molecule has 3 nitrogen and oxygen atoms in total. The van der Waals surface area contributed by atoms with E-state index in [0.29, 0.717) is 13.0 Å². The number of thiophene rings is 1. The number of hydrogen-bond donors (Lipinski definition) is 1. The maximum absolute atomic E-state index is 11.8. The van der Waals surface area contributed by atoms with Crippen LogP contribution in [0.1, 0.15) is 16.1 Å². The number of hydrogen-bond acceptors (Lipinski definition) is 4. The van der Waals surface area contributed by atoms with E-state index in [1.807, 2.05) is 11.4 Å². The quantitative estimate of drug-likeness (QED) is 0.866. The molecule has 0 aliphatic carbocycles. The van der Waals surface area contributed by atoms with Crippen molar-refractivity contribution in [2.45, 2.75) is 12.5 Å². The number of nitrogens with one attached hydrogen (secondary N) is 1. The van der Waals surface area contributed by atoms with Crippen molar-refractivity contribution in [3.8, 4) is 0 Å². The van der Waals surface area contributed by atoms with Gasteiger partial charge in [0.25, 0.3) is 0 Å². The van der Waals surface area contributed by atoms with E-state index in [9.17, 15) is 4.79 Å².